The molecule has 0 bridgehead atoms. The molecule has 0 unspecified atom stereocenters. The van der Waals surface area contributed by atoms with E-state index < -0.39 is 0 Å². The molecule has 0 spiro atoms. The predicted molar refractivity (Wildman–Crippen MR) is 84.3 cm³/mol. The molecule has 1 aromatic carbocycles. The minimum absolute atomic E-state index is 0.0599. The number of pyridine rings is 1. The van der Waals surface area contributed by atoms with Crippen molar-refractivity contribution in [2.45, 2.75) is 26.4 Å². The maximum Gasteiger partial charge on any atom is 0.286 e. The molecule has 2 aromatic rings. The van der Waals surface area contributed by atoms with Crippen LogP contribution >= 0.6 is 23.2 Å². The third-order valence-electron chi connectivity index (χ3n) is 3.19. The number of hydrogen-bond acceptors (Lipinski definition) is 1. The number of hydrogen-bond donors (Lipinski definition) is 1. The summed E-state index contributed by atoms with van der Waals surface area (Å²) in [6.07, 6.45) is 4.81. The first kappa shape index (κ1) is 15.8. The van der Waals surface area contributed by atoms with Gasteiger partial charge in [-0.05, 0) is 29.7 Å². The average Bonchev–Trinajstić information content (AvgIpc) is 2.47. The van der Waals surface area contributed by atoms with Gasteiger partial charge in [0.1, 0.15) is 0 Å². The third-order valence-corrected chi connectivity index (χ3v) is 3.77. The fourth-order valence-corrected chi connectivity index (χ4v) is 2.39. The van der Waals surface area contributed by atoms with Crippen LogP contribution in [0.5, 0.6) is 0 Å². The van der Waals surface area contributed by atoms with Crippen LogP contribution in [0.25, 0.3) is 0 Å². The summed E-state index contributed by atoms with van der Waals surface area (Å²) in [6, 6.07) is 9.27. The summed E-state index contributed by atoms with van der Waals surface area (Å²) in [5, 5.41) is 3.99. The first-order valence-corrected chi connectivity index (χ1v) is 7.52. The molecule has 1 N–H and O–H groups in total. The van der Waals surface area contributed by atoms with E-state index in [0.29, 0.717) is 16.6 Å². The Morgan fingerprint density at radius 3 is 2.52 bits per heavy atom. The number of rotatable bonds is 5. The summed E-state index contributed by atoms with van der Waals surface area (Å²) >= 11 is 11.9. The first-order valence-electron chi connectivity index (χ1n) is 6.77. The van der Waals surface area contributed by atoms with E-state index in [-0.39, 0.29) is 12.5 Å². The summed E-state index contributed by atoms with van der Waals surface area (Å²) in [5.74, 6) is -0.0599. The third kappa shape index (κ3) is 4.73. The van der Waals surface area contributed by atoms with Crippen molar-refractivity contribution in [3.8, 4) is 0 Å². The monoisotopic (exact) mass is 323 g/mol. The second-order valence-corrected chi connectivity index (χ2v) is 5.59. The van der Waals surface area contributed by atoms with Crippen LogP contribution in [0.2, 0.25) is 10.0 Å². The van der Waals surface area contributed by atoms with Crippen LogP contribution in [0.1, 0.15) is 18.1 Å². The van der Waals surface area contributed by atoms with E-state index in [1.165, 1.54) is 5.56 Å². The van der Waals surface area contributed by atoms with Gasteiger partial charge < -0.3 is 5.32 Å². The number of carbonyl (C=O) groups excluding carboxylic acids is 1. The van der Waals surface area contributed by atoms with E-state index in [0.717, 1.165) is 12.0 Å². The number of amides is 1. The molecule has 3 nitrogen and oxygen atoms in total. The number of carbonyl (C=O) groups is 1. The van der Waals surface area contributed by atoms with Crippen molar-refractivity contribution in [3.63, 3.8) is 0 Å². The van der Waals surface area contributed by atoms with E-state index in [1.807, 2.05) is 35.2 Å². The van der Waals surface area contributed by atoms with E-state index >= 15 is 0 Å². The van der Waals surface area contributed by atoms with E-state index in [4.69, 9.17) is 23.2 Å². The van der Waals surface area contributed by atoms with E-state index in [2.05, 4.69) is 12.2 Å². The highest BCUT2D eigenvalue weighted by Crippen LogP contribution is 2.20. The van der Waals surface area contributed by atoms with Crippen molar-refractivity contribution in [3.05, 3.63) is 63.9 Å². The second-order valence-electron chi connectivity index (χ2n) is 4.74. The molecule has 0 saturated carbocycles. The van der Waals surface area contributed by atoms with E-state index in [1.54, 1.807) is 12.1 Å². The van der Waals surface area contributed by atoms with Gasteiger partial charge in [0, 0.05) is 28.7 Å². The van der Waals surface area contributed by atoms with Crippen molar-refractivity contribution in [1.29, 1.82) is 0 Å². The van der Waals surface area contributed by atoms with E-state index in [9.17, 15) is 4.79 Å². The molecule has 0 aliphatic carbocycles. The highest BCUT2D eigenvalue weighted by Gasteiger charge is 2.10. The topological polar surface area (TPSA) is 33.0 Å². The summed E-state index contributed by atoms with van der Waals surface area (Å²) in [5.41, 5.74) is 2.10. The highest BCUT2D eigenvalue weighted by atomic mass is 35.5. The minimum atomic E-state index is -0.0599. The molecule has 110 valence electrons. The van der Waals surface area contributed by atoms with Gasteiger partial charge in [0.2, 0.25) is 6.54 Å². The summed E-state index contributed by atoms with van der Waals surface area (Å²) in [6.45, 7) is 2.78. The lowest BCUT2D eigenvalue weighted by atomic mass is 10.2. The molecule has 1 amide bonds. The molecule has 0 radical (unpaired) electrons. The number of nitrogens with zero attached hydrogens (tertiary/aromatic N) is 1. The zero-order valence-corrected chi connectivity index (χ0v) is 13.3. The Bertz CT molecular complexity index is 627. The smallest absolute Gasteiger partial charge is 0.286 e. The Hall–Kier alpha value is -1.58. The van der Waals surface area contributed by atoms with Gasteiger partial charge in [-0.1, -0.05) is 36.2 Å². The minimum Gasteiger partial charge on any atom is -0.346 e. The zero-order valence-electron chi connectivity index (χ0n) is 11.8. The Morgan fingerprint density at radius 2 is 1.90 bits per heavy atom. The Morgan fingerprint density at radius 1 is 1.19 bits per heavy atom. The predicted octanol–water partition coefficient (Wildman–Crippen LogP) is 3.16. The van der Waals surface area contributed by atoms with Gasteiger partial charge in [0.05, 0.1) is 0 Å². The number of aromatic nitrogens is 1. The van der Waals surface area contributed by atoms with Crippen LogP contribution in [-0.4, -0.2) is 5.91 Å². The number of aryl methyl sites for hydroxylation is 1. The fourth-order valence-electron chi connectivity index (χ4n) is 1.91. The van der Waals surface area contributed by atoms with Crippen molar-refractivity contribution >= 4 is 29.1 Å². The molecule has 0 atom stereocenters. The van der Waals surface area contributed by atoms with Crippen molar-refractivity contribution < 1.29 is 9.36 Å². The normalized spacial score (nSPS) is 10.4. The molecule has 21 heavy (non-hydrogen) atoms. The van der Waals surface area contributed by atoms with Crippen LogP contribution in [-0.2, 0) is 24.3 Å². The molecular formula is C16H17Cl2N2O+. The number of nitrogens with one attached hydrogen (secondary N) is 1. The Balaban J connectivity index is 1.89. The molecule has 0 aliphatic rings. The molecule has 2 rings (SSSR count). The first-order chi connectivity index (χ1) is 10.1. The average molecular weight is 324 g/mol. The van der Waals surface area contributed by atoms with Crippen LogP contribution in [0.4, 0.5) is 0 Å². The lowest BCUT2D eigenvalue weighted by Gasteiger charge is -2.06. The van der Waals surface area contributed by atoms with Crippen LogP contribution in [0.3, 0.4) is 0 Å². The molecule has 1 aromatic heterocycles. The van der Waals surface area contributed by atoms with Crippen molar-refractivity contribution in [2.24, 2.45) is 0 Å². The molecule has 0 fully saturated rings. The highest BCUT2D eigenvalue weighted by molar-refractivity contribution is 6.35. The summed E-state index contributed by atoms with van der Waals surface area (Å²) in [7, 11) is 0. The largest absolute Gasteiger partial charge is 0.346 e. The van der Waals surface area contributed by atoms with Gasteiger partial charge in [-0.2, -0.15) is 4.57 Å². The summed E-state index contributed by atoms with van der Waals surface area (Å²) < 4.78 is 1.85. The molecule has 0 saturated heterocycles. The maximum absolute atomic E-state index is 11.9. The number of halogens is 2. The summed E-state index contributed by atoms with van der Waals surface area (Å²) in [4.78, 5) is 11.9. The van der Waals surface area contributed by atoms with Gasteiger partial charge in [0.15, 0.2) is 12.4 Å². The van der Waals surface area contributed by atoms with Crippen molar-refractivity contribution in [2.75, 3.05) is 0 Å². The van der Waals surface area contributed by atoms with Gasteiger partial charge in [-0.3, -0.25) is 4.79 Å². The van der Waals surface area contributed by atoms with Gasteiger partial charge >= 0.3 is 0 Å². The fraction of sp³-hybridized carbons (Fsp3) is 0.250. The van der Waals surface area contributed by atoms with Crippen molar-refractivity contribution in [1.82, 2.24) is 5.32 Å². The van der Waals surface area contributed by atoms with Gasteiger partial charge in [0.25, 0.3) is 5.91 Å². The standard InChI is InChI=1S/C16H16Cl2N2O/c1-2-12-5-7-20(8-6-12)11-16(21)19-10-13-3-4-14(17)9-15(13)18/h3-9H,2,10-11H2,1H3/p+1. The molecule has 5 heteroatoms. The molecule has 1 heterocycles. The maximum atomic E-state index is 11.9. The molecule has 0 aliphatic heterocycles. The lowest BCUT2D eigenvalue weighted by molar-refractivity contribution is -0.684. The Kier molecular flexibility index (Phi) is 5.59. The zero-order chi connectivity index (χ0) is 15.2. The van der Waals surface area contributed by atoms with Crippen LogP contribution < -0.4 is 9.88 Å². The molecular weight excluding hydrogens is 307 g/mol. The second kappa shape index (κ2) is 7.43. The van der Waals surface area contributed by atoms with Crippen LogP contribution in [0.15, 0.2) is 42.7 Å². The van der Waals surface area contributed by atoms with Crippen LogP contribution in [0, 0.1) is 0 Å². The van der Waals surface area contributed by atoms with Gasteiger partial charge in [-0.15, -0.1) is 0 Å². The lowest BCUT2D eigenvalue weighted by Crippen LogP contribution is -2.42. The number of benzene rings is 1. The quantitative estimate of drug-likeness (QED) is 0.842. The van der Waals surface area contributed by atoms with Gasteiger partial charge in [-0.25, -0.2) is 0 Å². The SMILES string of the molecule is CCc1cc[n+](CC(=O)NCc2ccc(Cl)cc2Cl)cc1. The Labute approximate surface area is 134 Å².